The minimum atomic E-state index is -3.67. The van der Waals surface area contributed by atoms with Crippen molar-refractivity contribution >= 4 is 33.2 Å². The normalized spacial score (nSPS) is 13.1. The molecular weight excluding hydrogens is 440 g/mol. The standard InChI is InChI=1S/C25H22N2O5S/c1-15(2)27(3)33(31,32)17-13-11-16(12-14-17)25(30)26-21-10-6-9-20-22(21)24(29)19-8-5-4-7-18(19)23(20)28/h4-15H,1-3H3,(H,26,30). The summed E-state index contributed by atoms with van der Waals surface area (Å²) in [6.45, 7) is 3.54. The molecule has 1 amide bonds. The molecule has 0 unspecified atom stereocenters. The zero-order chi connectivity index (χ0) is 23.9. The number of carbonyl (C=O) groups excluding carboxylic acids is 3. The number of ketones is 2. The number of carbonyl (C=O) groups is 3. The number of nitrogens with zero attached hydrogens (tertiary/aromatic N) is 1. The van der Waals surface area contributed by atoms with Gasteiger partial charge in [0.1, 0.15) is 0 Å². The number of hydrogen-bond acceptors (Lipinski definition) is 5. The first-order chi connectivity index (χ1) is 15.6. The smallest absolute Gasteiger partial charge is 0.255 e. The van der Waals surface area contributed by atoms with E-state index in [-0.39, 0.29) is 44.9 Å². The van der Waals surface area contributed by atoms with Crippen LogP contribution in [0.15, 0.2) is 71.6 Å². The van der Waals surface area contributed by atoms with Gasteiger partial charge in [0, 0.05) is 35.3 Å². The Morgan fingerprint density at radius 3 is 2.00 bits per heavy atom. The Morgan fingerprint density at radius 1 is 0.818 bits per heavy atom. The van der Waals surface area contributed by atoms with Crippen LogP contribution in [0.4, 0.5) is 5.69 Å². The molecule has 0 radical (unpaired) electrons. The van der Waals surface area contributed by atoms with Crippen LogP contribution in [0.1, 0.15) is 56.0 Å². The molecule has 3 aromatic rings. The van der Waals surface area contributed by atoms with Gasteiger partial charge in [0.25, 0.3) is 5.91 Å². The average molecular weight is 463 g/mol. The van der Waals surface area contributed by atoms with E-state index in [2.05, 4.69) is 5.32 Å². The van der Waals surface area contributed by atoms with Crippen molar-refractivity contribution in [3.05, 3.63) is 94.5 Å². The molecule has 1 aliphatic rings. The SMILES string of the molecule is CC(C)N(C)S(=O)(=O)c1ccc(C(=O)Nc2cccc3c2C(=O)c2ccccc2C3=O)cc1. The fourth-order valence-electron chi connectivity index (χ4n) is 3.67. The van der Waals surface area contributed by atoms with E-state index in [1.807, 2.05) is 0 Å². The lowest BCUT2D eigenvalue weighted by Crippen LogP contribution is -2.33. The van der Waals surface area contributed by atoms with Crippen LogP contribution in [0.25, 0.3) is 0 Å². The molecule has 0 saturated heterocycles. The van der Waals surface area contributed by atoms with Crippen molar-refractivity contribution in [1.29, 1.82) is 0 Å². The molecule has 168 valence electrons. The van der Waals surface area contributed by atoms with Crippen LogP contribution in [0.5, 0.6) is 0 Å². The van der Waals surface area contributed by atoms with Gasteiger partial charge in [-0.15, -0.1) is 0 Å². The van der Waals surface area contributed by atoms with Gasteiger partial charge in [-0.05, 0) is 44.2 Å². The summed E-state index contributed by atoms with van der Waals surface area (Å²) in [6.07, 6.45) is 0. The van der Waals surface area contributed by atoms with Gasteiger partial charge in [0.05, 0.1) is 16.1 Å². The van der Waals surface area contributed by atoms with E-state index in [1.54, 1.807) is 56.3 Å². The fourth-order valence-corrected chi connectivity index (χ4v) is 5.03. The summed E-state index contributed by atoms with van der Waals surface area (Å²) in [6, 6.07) is 16.6. The summed E-state index contributed by atoms with van der Waals surface area (Å²) in [5, 5.41) is 2.70. The number of benzene rings is 3. The molecule has 0 atom stereocenters. The van der Waals surface area contributed by atoms with Gasteiger partial charge in [-0.1, -0.05) is 36.4 Å². The Balaban J connectivity index is 1.63. The Kier molecular flexibility index (Phi) is 5.73. The van der Waals surface area contributed by atoms with Gasteiger partial charge in [0.2, 0.25) is 10.0 Å². The second-order valence-corrected chi connectivity index (χ2v) is 10.0. The Morgan fingerprint density at radius 2 is 1.39 bits per heavy atom. The monoisotopic (exact) mass is 462 g/mol. The van der Waals surface area contributed by atoms with Crippen molar-refractivity contribution in [3.63, 3.8) is 0 Å². The van der Waals surface area contributed by atoms with E-state index in [0.29, 0.717) is 11.1 Å². The molecule has 0 bridgehead atoms. The third-order valence-electron chi connectivity index (χ3n) is 5.72. The van der Waals surface area contributed by atoms with E-state index in [9.17, 15) is 22.8 Å². The van der Waals surface area contributed by atoms with Gasteiger partial charge in [-0.3, -0.25) is 14.4 Å². The molecule has 0 saturated carbocycles. The van der Waals surface area contributed by atoms with E-state index in [4.69, 9.17) is 0 Å². The second-order valence-electron chi connectivity index (χ2n) is 8.03. The zero-order valence-corrected chi connectivity index (χ0v) is 19.1. The predicted molar refractivity (Wildman–Crippen MR) is 124 cm³/mol. The number of anilines is 1. The molecular formula is C25H22N2O5S. The van der Waals surface area contributed by atoms with Crippen molar-refractivity contribution in [2.75, 3.05) is 12.4 Å². The Hall–Kier alpha value is -3.62. The predicted octanol–water partition coefficient (Wildman–Crippen LogP) is 3.74. The summed E-state index contributed by atoms with van der Waals surface area (Å²) >= 11 is 0. The Labute approximate surface area is 192 Å². The summed E-state index contributed by atoms with van der Waals surface area (Å²) in [5.74, 6) is -1.14. The molecule has 3 aromatic carbocycles. The number of fused-ring (bicyclic) bond motifs is 2. The maximum Gasteiger partial charge on any atom is 0.255 e. The maximum absolute atomic E-state index is 13.1. The fraction of sp³-hybridized carbons (Fsp3) is 0.160. The molecule has 1 N–H and O–H groups in total. The minimum Gasteiger partial charge on any atom is -0.321 e. The summed E-state index contributed by atoms with van der Waals surface area (Å²) in [5.41, 5.74) is 1.44. The van der Waals surface area contributed by atoms with E-state index >= 15 is 0 Å². The van der Waals surface area contributed by atoms with Crippen LogP contribution in [0.2, 0.25) is 0 Å². The molecule has 4 rings (SSSR count). The molecule has 8 heteroatoms. The summed E-state index contributed by atoms with van der Waals surface area (Å²) in [7, 11) is -2.18. The quantitative estimate of drug-likeness (QED) is 0.487. The molecule has 0 spiro atoms. The van der Waals surface area contributed by atoms with Crippen LogP contribution in [-0.2, 0) is 10.0 Å². The molecule has 7 nitrogen and oxygen atoms in total. The largest absolute Gasteiger partial charge is 0.321 e. The first-order valence-electron chi connectivity index (χ1n) is 10.3. The van der Waals surface area contributed by atoms with Crippen LogP contribution in [0.3, 0.4) is 0 Å². The van der Waals surface area contributed by atoms with Crippen molar-refractivity contribution in [1.82, 2.24) is 4.31 Å². The highest BCUT2D eigenvalue weighted by molar-refractivity contribution is 7.89. The lowest BCUT2D eigenvalue weighted by atomic mass is 9.83. The average Bonchev–Trinajstić information content (AvgIpc) is 2.82. The molecule has 1 aliphatic carbocycles. The molecule has 0 aromatic heterocycles. The van der Waals surface area contributed by atoms with Gasteiger partial charge < -0.3 is 5.32 Å². The third kappa shape index (κ3) is 3.88. The molecule has 0 aliphatic heterocycles. The van der Waals surface area contributed by atoms with Crippen molar-refractivity contribution < 1.29 is 22.8 Å². The summed E-state index contributed by atoms with van der Waals surface area (Å²) in [4.78, 5) is 38.9. The Bertz CT molecular complexity index is 1390. The lowest BCUT2D eigenvalue weighted by molar-refractivity contribution is 0.0978. The van der Waals surface area contributed by atoms with Gasteiger partial charge in [-0.25, -0.2) is 8.42 Å². The van der Waals surface area contributed by atoms with Gasteiger partial charge in [-0.2, -0.15) is 4.31 Å². The highest BCUT2D eigenvalue weighted by atomic mass is 32.2. The van der Waals surface area contributed by atoms with Crippen LogP contribution in [-0.4, -0.2) is 43.3 Å². The first kappa shape index (κ1) is 22.6. The maximum atomic E-state index is 13.1. The van der Waals surface area contributed by atoms with Gasteiger partial charge >= 0.3 is 0 Å². The van der Waals surface area contributed by atoms with Crippen molar-refractivity contribution in [3.8, 4) is 0 Å². The zero-order valence-electron chi connectivity index (χ0n) is 18.3. The third-order valence-corrected chi connectivity index (χ3v) is 7.77. The lowest BCUT2D eigenvalue weighted by Gasteiger charge is -2.21. The van der Waals surface area contributed by atoms with E-state index in [0.717, 1.165) is 0 Å². The molecule has 0 heterocycles. The van der Waals surface area contributed by atoms with Crippen LogP contribution in [0, 0.1) is 0 Å². The highest BCUT2D eigenvalue weighted by Crippen LogP contribution is 2.32. The number of sulfonamides is 1. The number of hydrogen-bond donors (Lipinski definition) is 1. The van der Waals surface area contributed by atoms with E-state index < -0.39 is 15.9 Å². The van der Waals surface area contributed by atoms with E-state index in [1.165, 1.54) is 35.6 Å². The van der Waals surface area contributed by atoms with Gasteiger partial charge in [0.15, 0.2) is 11.6 Å². The highest BCUT2D eigenvalue weighted by Gasteiger charge is 2.31. The van der Waals surface area contributed by atoms with Crippen LogP contribution >= 0.6 is 0 Å². The van der Waals surface area contributed by atoms with Crippen LogP contribution < -0.4 is 5.32 Å². The molecule has 0 fully saturated rings. The number of amides is 1. The minimum absolute atomic E-state index is 0.0738. The van der Waals surface area contributed by atoms with Crippen molar-refractivity contribution in [2.24, 2.45) is 0 Å². The number of rotatable bonds is 5. The second kappa shape index (κ2) is 8.38. The summed E-state index contributed by atoms with van der Waals surface area (Å²) < 4.78 is 26.5. The number of nitrogens with one attached hydrogen (secondary N) is 1. The van der Waals surface area contributed by atoms with Crippen molar-refractivity contribution in [2.45, 2.75) is 24.8 Å². The first-order valence-corrected chi connectivity index (χ1v) is 11.8. The topological polar surface area (TPSA) is 101 Å². The molecule has 33 heavy (non-hydrogen) atoms.